The molecule has 26 heavy (non-hydrogen) atoms. The summed E-state index contributed by atoms with van der Waals surface area (Å²) >= 11 is 1.42. The summed E-state index contributed by atoms with van der Waals surface area (Å²) in [4.78, 5) is 13.1. The minimum atomic E-state index is -3.62. The smallest absolute Gasteiger partial charge is 0.264 e. The summed E-state index contributed by atoms with van der Waals surface area (Å²) in [6.45, 7) is 0. The van der Waals surface area contributed by atoms with Crippen molar-refractivity contribution in [1.82, 2.24) is 5.32 Å². The zero-order valence-electron chi connectivity index (χ0n) is 14.2. The van der Waals surface area contributed by atoms with Gasteiger partial charge in [-0.05, 0) is 54.6 Å². The fraction of sp³-hybridized carbons (Fsp3) is 0.211. The Morgan fingerprint density at radius 1 is 1.12 bits per heavy atom. The molecule has 5 nitrogen and oxygen atoms in total. The molecule has 0 spiro atoms. The predicted octanol–water partition coefficient (Wildman–Crippen LogP) is 3.62. The number of carbonyl (C=O) groups excluding carboxylic acids is 1. The van der Waals surface area contributed by atoms with Gasteiger partial charge in [-0.1, -0.05) is 18.2 Å². The van der Waals surface area contributed by atoms with Gasteiger partial charge in [0.2, 0.25) is 0 Å². The summed E-state index contributed by atoms with van der Waals surface area (Å²) in [5.41, 5.74) is 0.563. The number of benzene rings is 2. The Morgan fingerprint density at radius 3 is 2.54 bits per heavy atom. The first-order valence-corrected chi connectivity index (χ1v) is 10.6. The number of thiophene rings is 1. The van der Waals surface area contributed by atoms with E-state index < -0.39 is 10.0 Å². The molecule has 7 heteroatoms. The standard InChI is InChI=1S/C19H18N2O3S2/c1-21(26(23,24)16-5-3-2-4-6-16)15-9-10-17-13(11-15)12-18(25-17)19(22)20-14-7-8-14/h2-6,9-12,14H,7-8H2,1H3,(H,20,22). The van der Waals surface area contributed by atoms with Crippen LogP contribution in [0, 0.1) is 0 Å². The lowest BCUT2D eigenvalue weighted by molar-refractivity contribution is 0.0955. The maximum atomic E-state index is 12.8. The van der Waals surface area contributed by atoms with Gasteiger partial charge in [-0.2, -0.15) is 0 Å². The molecule has 1 aliphatic rings. The van der Waals surface area contributed by atoms with E-state index in [1.165, 1.54) is 22.7 Å². The molecule has 0 bridgehead atoms. The van der Waals surface area contributed by atoms with Crippen LogP contribution in [0.15, 0.2) is 59.5 Å². The van der Waals surface area contributed by atoms with Crippen molar-refractivity contribution in [2.24, 2.45) is 0 Å². The second kappa shape index (κ2) is 6.41. The largest absolute Gasteiger partial charge is 0.349 e. The van der Waals surface area contributed by atoms with E-state index in [9.17, 15) is 13.2 Å². The van der Waals surface area contributed by atoms with Crippen molar-refractivity contribution in [3.63, 3.8) is 0 Å². The first-order valence-electron chi connectivity index (χ1n) is 8.33. The first kappa shape index (κ1) is 17.1. The minimum Gasteiger partial charge on any atom is -0.349 e. The van der Waals surface area contributed by atoms with E-state index in [4.69, 9.17) is 0 Å². The molecule has 1 aromatic heterocycles. The van der Waals surface area contributed by atoms with Gasteiger partial charge in [-0.25, -0.2) is 8.42 Å². The maximum Gasteiger partial charge on any atom is 0.264 e. The third kappa shape index (κ3) is 3.20. The molecular weight excluding hydrogens is 368 g/mol. The number of rotatable bonds is 5. The van der Waals surface area contributed by atoms with Crippen molar-refractivity contribution in [3.8, 4) is 0 Å². The Balaban J connectivity index is 1.65. The summed E-state index contributed by atoms with van der Waals surface area (Å²) in [7, 11) is -2.08. The topological polar surface area (TPSA) is 66.5 Å². The van der Waals surface area contributed by atoms with Crippen molar-refractivity contribution in [1.29, 1.82) is 0 Å². The summed E-state index contributed by atoms with van der Waals surface area (Å²) in [6.07, 6.45) is 2.09. The second-order valence-electron chi connectivity index (χ2n) is 6.37. The fourth-order valence-corrected chi connectivity index (χ4v) is 4.87. The van der Waals surface area contributed by atoms with Crippen molar-refractivity contribution >= 4 is 43.0 Å². The van der Waals surface area contributed by atoms with Crippen LogP contribution in [0.1, 0.15) is 22.5 Å². The lowest BCUT2D eigenvalue weighted by atomic mass is 10.2. The lowest BCUT2D eigenvalue weighted by Gasteiger charge is -2.19. The van der Waals surface area contributed by atoms with Crippen molar-refractivity contribution in [3.05, 3.63) is 59.5 Å². The number of hydrogen-bond acceptors (Lipinski definition) is 4. The summed E-state index contributed by atoms with van der Waals surface area (Å²) in [6, 6.07) is 15.9. The van der Waals surface area contributed by atoms with E-state index in [-0.39, 0.29) is 10.8 Å². The Labute approximate surface area is 156 Å². The normalized spacial score (nSPS) is 14.3. The predicted molar refractivity (Wildman–Crippen MR) is 104 cm³/mol. The Bertz CT molecular complexity index is 1070. The van der Waals surface area contributed by atoms with Crippen LogP contribution in [0.5, 0.6) is 0 Å². The van der Waals surface area contributed by atoms with Gasteiger partial charge in [0.05, 0.1) is 15.5 Å². The van der Waals surface area contributed by atoms with Gasteiger partial charge in [0.15, 0.2) is 0 Å². The van der Waals surface area contributed by atoms with Gasteiger partial charge in [0, 0.05) is 17.8 Å². The molecule has 1 fully saturated rings. The molecule has 3 aromatic rings. The van der Waals surface area contributed by atoms with Crippen molar-refractivity contribution < 1.29 is 13.2 Å². The van der Waals surface area contributed by atoms with Crippen LogP contribution in [-0.4, -0.2) is 27.4 Å². The Kier molecular flexibility index (Phi) is 4.20. The first-order chi connectivity index (χ1) is 12.4. The van der Waals surface area contributed by atoms with Gasteiger partial charge in [-0.15, -0.1) is 11.3 Å². The van der Waals surface area contributed by atoms with E-state index in [0.717, 1.165) is 22.9 Å². The molecule has 0 unspecified atom stereocenters. The molecule has 0 saturated heterocycles. The number of sulfonamides is 1. The number of nitrogens with zero attached hydrogens (tertiary/aromatic N) is 1. The van der Waals surface area contributed by atoms with Crippen LogP contribution in [0.25, 0.3) is 10.1 Å². The van der Waals surface area contributed by atoms with Crippen LogP contribution in [0.4, 0.5) is 5.69 Å². The molecule has 0 atom stereocenters. The van der Waals surface area contributed by atoms with Crippen molar-refractivity contribution in [2.45, 2.75) is 23.8 Å². The van der Waals surface area contributed by atoms with Crippen LogP contribution in [0.2, 0.25) is 0 Å². The molecule has 1 heterocycles. The lowest BCUT2D eigenvalue weighted by Crippen LogP contribution is -2.26. The molecule has 134 valence electrons. The SMILES string of the molecule is CN(c1ccc2sc(C(=O)NC3CC3)cc2c1)S(=O)(=O)c1ccccc1. The number of fused-ring (bicyclic) bond motifs is 1. The van der Waals surface area contributed by atoms with Gasteiger partial charge in [0.1, 0.15) is 0 Å². The molecular formula is C19H18N2O3S2. The molecule has 0 radical (unpaired) electrons. The van der Waals surface area contributed by atoms with E-state index in [0.29, 0.717) is 16.6 Å². The molecule has 1 N–H and O–H groups in total. The zero-order chi connectivity index (χ0) is 18.3. The summed E-state index contributed by atoms with van der Waals surface area (Å²) in [5.74, 6) is -0.0551. The average molecular weight is 386 g/mol. The quantitative estimate of drug-likeness (QED) is 0.728. The minimum absolute atomic E-state index is 0.0551. The van der Waals surface area contributed by atoms with Gasteiger partial charge < -0.3 is 5.32 Å². The number of anilines is 1. The Hall–Kier alpha value is -2.38. The number of carbonyl (C=O) groups is 1. The summed E-state index contributed by atoms with van der Waals surface area (Å²) < 4.78 is 27.8. The van der Waals surface area contributed by atoms with Gasteiger partial charge in [-0.3, -0.25) is 9.10 Å². The van der Waals surface area contributed by atoms with Gasteiger partial charge >= 0.3 is 0 Å². The third-order valence-electron chi connectivity index (χ3n) is 4.40. The van der Waals surface area contributed by atoms with Crippen LogP contribution in [-0.2, 0) is 10.0 Å². The highest BCUT2D eigenvalue weighted by Crippen LogP contribution is 2.31. The molecule has 0 aliphatic heterocycles. The number of nitrogens with one attached hydrogen (secondary N) is 1. The van der Waals surface area contributed by atoms with Crippen LogP contribution in [0.3, 0.4) is 0 Å². The van der Waals surface area contributed by atoms with E-state index in [2.05, 4.69) is 5.32 Å². The maximum absolute atomic E-state index is 12.8. The van der Waals surface area contributed by atoms with Gasteiger partial charge in [0.25, 0.3) is 15.9 Å². The van der Waals surface area contributed by atoms with Crippen molar-refractivity contribution in [2.75, 3.05) is 11.4 Å². The third-order valence-corrected chi connectivity index (χ3v) is 7.32. The molecule has 2 aromatic carbocycles. The second-order valence-corrected chi connectivity index (χ2v) is 9.42. The summed E-state index contributed by atoms with van der Waals surface area (Å²) in [5, 5.41) is 3.84. The number of hydrogen-bond donors (Lipinski definition) is 1. The Morgan fingerprint density at radius 2 is 1.85 bits per heavy atom. The number of amides is 1. The molecule has 1 saturated carbocycles. The average Bonchev–Trinajstić information content (AvgIpc) is 3.36. The highest BCUT2D eigenvalue weighted by atomic mass is 32.2. The van der Waals surface area contributed by atoms with E-state index >= 15 is 0 Å². The molecule has 1 aliphatic carbocycles. The van der Waals surface area contributed by atoms with E-state index in [1.54, 1.807) is 42.5 Å². The molecule has 1 amide bonds. The monoisotopic (exact) mass is 386 g/mol. The highest BCUT2D eigenvalue weighted by Gasteiger charge is 2.25. The van der Waals surface area contributed by atoms with E-state index in [1.807, 2.05) is 12.1 Å². The fourth-order valence-electron chi connectivity index (χ4n) is 2.71. The highest BCUT2D eigenvalue weighted by molar-refractivity contribution is 7.92. The van der Waals surface area contributed by atoms with Crippen LogP contribution < -0.4 is 9.62 Å². The zero-order valence-corrected chi connectivity index (χ0v) is 15.8. The molecule has 4 rings (SSSR count). The van der Waals surface area contributed by atoms with Crippen LogP contribution >= 0.6 is 11.3 Å².